The van der Waals surface area contributed by atoms with Crippen molar-refractivity contribution in [3.05, 3.63) is 42.0 Å². The van der Waals surface area contributed by atoms with Gasteiger partial charge >= 0.3 is 5.65 Å². The molecule has 6 aromatic heterocycles. The Hall–Kier alpha value is -4.95. The number of nitrogens with two attached hydrogens (primary N) is 2. The fraction of sp³-hybridized carbons (Fsp3) is 0.595. The number of phosphoric acid groups is 4. The maximum atomic E-state index is 13.9. The van der Waals surface area contributed by atoms with Gasteiger partial charge in [-0.1, -0.05) is 4.98 Å². The first-order valence-corrected chi connectivity index (χ1v) is 29.0. The van der Waals surface area contributed by atoms with E-state index < -0.39 is 136 Å². The second-order valence-electron chi connectivity index (χ2n) is 17.8. The molecule has 6 aromatic rings. The molecular formula is C37H50N15O23P4-3. The zero-order valence-electron chi connectivity index (χ0n) is 41.8. The number of aromatic amines is 1. The molecule has 9 heterocycles. The highest BCUT2D eigenvalue weighted by Gasteiger charge is 2.52. The van der Waals surface area contributed by atoms with Crippen molar-refractivity contribution in [2.24, 2.45) is 7.05 Å². The van der Waals surface area contributed by atoms with Gasteiger partial charge in [0.1, 0.15) is 78.6 Å². The van der Waals surface area contributed by atoms with Gasteiger partial charge in [0.25, 0.3) is 42.8 Å². The predicted molar refractivity (Wildman–Crippen MR) is 251 cm³/mol. The number of nitrogens with one attached hydrogen (secondary N) is 2. The van der Waals surface area contributed by atoms with Crippen LogP contribution in [0.2, 0.25) is 0 Å². The van der Waals surface area contributed by atoms with Gasteiger partial charge in [-0.15, -0.1) is 0 Å². The largest absolute Gasteiger partial charge is 0.756 e. The molecule has 42 heteroatoms. The summed E-state index contributed by atoms with van der Waals surface area (Å²) in [4.78, 5) is 96.6. The van der Waals surface area contributed by atoms with Crippen molar-refractivity contribution in [1.29, 1.82) is 0 Å². The predicted octanol–water partition coefficient (Wildman–Crippen LogP) is -3.99. The number of hydrogen-bond acceptors (Lipinski definition) is 33. The second-order valence-corrected chi connectivity index (χ2v) is 23.6. The Morgan fingerprint density at radius 3 is 1.92 bits per heavy atom. The summed E-state index contributed by atoms with van der Waals surface area (Å²) >= 11 is 0. The molecule has 0 aliphatic carbocycles. The van der Waals surface area contributed by atoms with Gasteiger partial charge in [-0.05, 0) is 13.8 Å². The molecule has 9 rings (SSSR count). The Kier molecular flexibility index (Phi) is 16.9. The van der Waals surface area contributed by atoms with Crippen LogP contribution in [-0.4, -0.2) is 166 Å². The smallest absolute Gasteiger partial charge is 0.313 e. The summed E-state index contributed by atoms with van der Waals surface area (Å²) in [5, 5.41) is 25.4. The summed E-state index contributed by atoms with van der Waals surface area (Å²) in [5.74, 6) is -0.00634. The molecule has 0 saturated carbocycles. The van der Waals surface area contributed by atoms with Crippen molar-refractivity contribution in [3.8, 4) is 0 Å². The van der Waals surface area contributed by atoms with Crippen LogP contribution in [0.3, 0.4) is 0 Å². The number of fused-ring (bicyclic) bond motifs is 3. The number of anilines is 3. The topological polar surface area (TPSA) is 518 Å². The van der Waals surface area contributed by atoms with Gasteiger partial charge in [-0.2, -0.15) is 0 Å². The summed E-state index contributed by atoms with van der Waals surface area (Å²) in [7, 11) is -19.4. The molecule has 0 spiro atoms. The standard InChI is InChI=1S/C37H53N15O23P4/c1-15(2)69-25-17(71-34(23(25)54)50-12-45-19-28(38)41-10-43-30(19)50)8-66-76(56,57)73-26-18(72-36(27(26)65-6)51-13-46-20-29(40-3)42-11-44-31(20)51)9-68-78(60,61)75-79(62,63)74-77(58,59)67-7-16-24(64-5)22(53)35(70-16)52-14-49(4)21-32(52)47-37(39)48-33(21)55/h10-18,22-27,34-36,53-54H,7-9H2,1-6H3,(H9-,38,39,40,41,42,43,44,47,48,55,56,57,58,59,60,61,62,63)/p-3/t16-,17-,18-,22?,23?,24+,25+,26+,27?,34-,35-,36-/m1/s1. The summed E-state index contributed by atoms with van der Waals surface area (Å²) in [6, 6.07) is 0. The minimum atomic E-state index is -6.55. The fourth-order valence-electron chi connectivity index (χ4n) is 9.10. The number of rotatable bonds is 23. The van der Waals surface area contributed by atoms with Crippen LogP contribution >= 0.6 is 31.3 Å². The molecule has 0 aromatic carbocycles. The van der Waals surface area contributed by atoms with E-state index in [1.165, 1.54) is 44.3 Å². The van der Waals surface area contributed by atoms with Gasteiger partial charge in [-0.3, -0.25) is 41.7 Å². The Labute approximate surface area is 443 Å². The van der Waals surface area contributed by atoms with E-state index in [9.17, 15) is 52.8 Å². The zero-order chi connectivity index (χ0) is 57.1. The van der Waals surface area contributed by atoms with Crippen molar-refractivity contribution >= 4 is 82.4 Å². The van der Waals surface area contributed by atoms with Crippen molar-refractivity contribution in [3.63, 3.8) is 0 Å². The quantitative estimate of drug-likeness (QED) is 0.0263. The second kappa shape index (κ2) is 22.8. The molecule has 79 heavy (non-hydrogen) atoms. The lowest BCUT2D eigenvalue weighted by Gasteiger charge is -2.35. The van der Waals surface area contributed by atoms with E-state index in [-0.39, 0.29) is 51.1 Å². The van der Waals surface area contributed by atoms with Crippen LogP contribution in [0, 0.1) is 0 Å². The van der Waals surface area contributed by atoms with Gasteiger partial charge in [0.2, 0.25) is 11.7 Å². The number of aliphatic hydroxyl groups excluding tert-OH is 2. The number of imidazole rings is 3. The zero-order valence-corrected chi connectivity index (χ0v) is 45.4. The lowest BCUT2D eigenvalue weighted by molar-refractivity contribution is -0.745. The Morgan fingerprint density at radius 1 is 0.747 bits per heavy atom. The van der Waals surface area contributed by atoms with Crippen molar-refractivity contribution in [2.45, 2.75) is 93.6 Å². The van der Waals surface area contributed by atoms with E-state index >= 15 is 0 Å². The molecule has 16 atom stereocenters. The number of aliphatic hydroxyl groups is 2. The van der Waals surface area contributed by atoms with Crippen LogP contribution in [0.15, 0.2) is 36.4 Å². The lowest BCUT2D eigenvalue weighted by atomic mass is 10.1. The maximum Gasteiger partial charge on any atom is 0.313 e. The van der Waals surface area contributed by atoms with Crippen LogP contribution in [0.25, 0.3) is 33.5 Å². The molecule has 3 aliphatic heterocycles. The third kappa shape index (κ3) is 12.2. The number of aromatic nitrogens is 12. The van der Waals surface area contributed by atoms with Gasteiger partial charge in [0, 0.05) is 21.3 Å². The number of hydrogen-bond donors (Lipinski definition) is 6. The first-order valence-electron chi connectivity index (χ1n) is 23.1. The molecule has 0 amide bonds. The molecule has 0 radical (unpaired) electrons. The molecule has 3 fully saturated rings. The number of aryl methyl sites for hydroxylation is 1. The third-order valence-electron chi connectivity index (χ3n) is 12.3. The number of phosphoric ester groups is 3. The van der Waals surface area contributed by atoms with Crippen LogP contribution in [-0.2, 0) is 80.4 Å². The average molecular weight is 1200 g/mol. The van der Waals surface area contributed by atoms with Crippen molar-refractivity contribution < 1.29 is 108 Å². The van der Waals surface area contributed by atoms with Crippen LogP contribution in [0.1, 0.15) is 32.5 Å². The van der Waals surface area contributed by atoms with E-state index in [2.05, 4.69) is 53.8 Å². The highest BCUT2D eigenvalue weighted by atomic mass is 31.3. The minimum Gasteiger partial charge on any atom is -0.756 e. The van der Waals surface area contributed by atoms with Crippen LogP contribution in [0.4, 0.5) is 17.6 Å². The monoisotopic (exact) mass is 1200 g/mol. The molecule has 434 valence electrons. The minimum absolute atomic E-state index is 0.00859. The molecule has 38 nitrogen and oxygen atoms in total. The van der Waals surface area contributed by atoms with Gasteiger partial charge in [0.05, 0.1) is 45.6 Å². The SMILES string of the molecule is CNc1ncnc2c1ncn2[C@@H]1O[C@H](COP(=O)([O-])OP(=O)([O-])OP(=O)([O-])OC[C@H]2O[C@@H]([n+]3cn(C)c4c(=O)[nH]c(N)nc43)C(O)[C@H]2OC)[C@H](OP(=O)([O-])OC[C@H]2O[C@@H](n3cnc4c(N)ncnc43)C(O)[C@H]2OC(C)C)C1OC. The first kappa shape index (κ1) is 58.7. The average Bonchev–Trinajstić information content (AvgIpc) is 4.44. The summed E-state index contributed by atoms with van der Waals surface area (Å²) in [6.45, 7) is -0.0104. The number of nitrogens with zero attached hydrogens (tertiary/aromatic N) is 11. The van der Waals surface area contributed by atoms with Crippen LogP contribution < -0.4 is 46.5 Å². The number of ether oxygens (including phenoxy) is 6. The number of methoxy groups -OCH3 is 2. The van der Waals surface area contributed by atoms with Gasteiger partial charge < -0.3 is 93.1 Å². The highest BCUT2D eigenvalue weighted by molar-refractivity contribution is 7.65. The molecule has 7 unspecified atom stereocenters. The van der Waals surface area contributed by atoms with Gasteiger partial charge in [-0.25, -0.2) is 43.1 Å². The van der Waals surface area contributed by atoms with E-state index in [0.29, 0.717) is 0 Å². The number of H-pyrrole nitrogens is 1. The third-order valence-corrected chi connectivity index (χ3v) is 17.4. The van der Waals surface area contributed by atoms with E-state index in [4.69, 9.17) is 58.0 Å². The fourth-order valence-corrected chi connectivity index (χ4v) is 13.4. The molecule has 3 aliphatic rings. The molecular weight excluding hydrogens is 1150 g/mol. The normalized spacial score (nSPS) is 29.6. The maximum absolute atomic E-state index is 13.9. The van der Waals surface area contributed by atoms with Crippen LogP contribution in [0.5, 0.6) is 0 Å². The van der Waals surface area contributed by atoms with E-state index in [1.807, 2.05) is 0 Å². The Morgan fingerprint density at radius 2 is 1.30 bits per heavy atom. The van der Waals surface area contributed by atoms with Crippen molar-refractivity contribution in [2.75, 3.05) is 57.9 Å². The first-order chi connectivity index (χ1) is 37.2. The summed E-state index contributed by atoms with van der Waals surface area (Å²) < 4.78 is 121. The summed E-state index contributed by atoms with van der Waals surface area (Å²) in [5.41, 5.74) is 11.6. The molecule has 3 saturated heterocycles. The van der Waals surface area contributed by atoms with Crippen molar-refractivity contribution in [1.82, 2.24) is 53.6 Å². The Bertz CT molecular complexity index is 3460. The highest BCUT2D eigenvalue weighted by Crippen LogP contribution is 2.63. The van der Waals surface area contributed by atoms with E-state index in [1.54, 1.807) is 20.9 Å². The number of nitrogen functional groups attached to an aromatic ring is 2. The molecule has 8 N–H and O–H groups in total. The van der Waals surface area contributed by atoms with Gasteiger partial charge in [0.15, 0.2) is 41.7 Å². The summed E-state index contributed by atoms with van der Waals surface area (Å²) in [6.07, 6.45) is -12.5. The lowest BCUT2D eigenvalue weighted by Crippen LogP contribution is -2.46. The Balaban J connectivity index is 0.885. The van der Waals surface area contributed by atoms with E-state index in [0.717, 1.165) is 26.9 Å². The molecule has 0 bridgehead atoms.